The van der Waals surface area contributed by atoms with Gasteiger partial charge >= 0.3 is 5.97 Å². The van der Waals surface area contributed by atoms with Crippen LogP contribution in [-0.4, -0.2) is 26.2 Å². The van der Waals surface area contributed by atoms with Crippen molar-refractivity contribution in [3.05, 3.63) is 35.9 Å². The van der Waals surface area contributed by atoms with E-state index in [-0.39, 0.29) is 4.75 Å². The molecule has 1 aromatic carbocycles. The lowest BCUT2D eigenvalue weighted by atomic mass is 9.56. The topological polar surface area (TPSA) is 57.5 Å². The van der Waals surface area contributed by atoms with E-state index in [4.69, 9.17) is 0 Å². The summed E-state index contributed by atoms with van der Waals surface area (Å²) in [6, 6.07) is 9.24. The predicted molar refractivity (Wildman–Crippen MR) is 91.3 cm³/mol. The molecule has 4 fully saturated rings. The minimum absolute atomic E-state index is 0.0908. The van der Waals surface area contributed by atoms with Crippen molar-refractivity contribution in [2.24, 2.45) is 17.8 Å². The lowest BCUT2D eigenvalue weighted by molar-refractivity contribution is -0.138. The van der Waals surface area contributed by atoms with E-state index in [0.717, 1.165) is 37.0 Å². The van der Waals surface area contributed by atoms with Crippen LogP contribution in [0.25, 0.3) is 0 Å². The van der Waals surface area contributed by atoms with Crippen LogP contribution in [0.2, 0.25) is 0 Å². The van der Waals surface area contributed by atoms with Crippen LogP contribution in [0.4, 0.5) is 0 Å². The molecule has 1 aromatic rings. The average Bonchev–Trinajstić information content (AvgIpc) is 2.51. The monoisotopic (exact) mass is 332 g/mol. The lowest BCUT2D eigenvalue weighted by Crippen LogP contribution is -2.50. The summed E-state index contributed by atoms with van der Waals surface area (Å²) in [7, 11) is 0. The maximum absolute atomic E-state index is 11.9. The Bertz CT molecular complexity index is 550. The smallest absolute Gasteiger partial charge is 0.319 e. The molecule has 2 N–H and O–H groups in total. The van der Waals surface area contributed by atoms with E-state index < -0.39 is 17.3 Å². The Morgan fingerprint density at radius 3 is 2.04 bits per heavy atom. The van der Waals surface area contributed by atoms with Gasteiger partial charge in [-0.05, 0) is 61.8 Å². The molecule has 5 rings (SSSR count). The third-order valence-electron chi connectivity index (χ3n) is 6.03. The van der Waals surface area contributed by atoms with Crippen molar-refractivity contribution in [2.45, 2.75) is 54.6 Å². The summed E-state index contributed by atoms with van der Waals surface area (Å²) >= 11 is 1.56. The molecule has 0 heterocycles. The van der Waals surface area contributed by atoms with E-state index in [2.05, 4.69) is 0 Å². The van der Waals surface area contributed by atoms with Gasteiger partial charge in [0.05, 0.1) is 0 Å². The Balaban J connectivity index is 1.56. The maximum atomic E-state index is 11.9. The van der Waals surface area contributed by atoms with Gasteiger partial charge in [-0.1, -0.05) is 30.3 Å². The summed E-state index contributed by atoms with van der Waals surface area (Å²) in [5.41, 5.74) is 0.706. The van der Waals surface area contributed by atoms with E-state index in [1.54, 1.807) is 11.8 Å². The number of rotatable bonds is 5. The third kappa shape index (κ3) is 2.91. The first kappa shape index (κ1) is 15.5. The van der Waals surface area contributed by atoms with Gasteiger partial charge in [0, 0.05) is 4.75 Å². The second-order valence-corrected chi connectivity index (χ2v) is 9.44. The summed E-state index contributed by atoms with van der Waals surface area (Å²) in [6.07, 6.45) is 6.54. The Morgan fingerprint density at radius 1 is 1.04 bits per heavy atom. The molecule has 2 atom stereocenters. The number of aliphatic hydroxyl groups is 1. The molecular weight excluding hydrogens is 308 g/mol. The molecule has 4 saturated carbocycles. The molecule has 0 aromatic heterocycles. The van der Waals surface area contributed by atoms with Gasteiger partial charge in [-0.15, -0.1) is 11.8 Å². The molecule has 4 aliphatic carbocycles. The molecule has 0 spiro atoms. The van der Waals surface area contributed by atoms with E-state index >= 15 is 0 Å². The molecule has 23 heavy (non-hydrogen) atoms. The number of aliphatic carboxylic acids is 1. The van der Waals surface area contributed by atoms with Gasteiger partial charge in [-0.25, -0.2) is 0 Å². The normalized spacial score (nSPS) is 37.5. The van der Waals surface area contributed by atoms with Crippen molar-refractivity contribution in [3.8, 4) is 0 Å². The predicted octanol–water partition coefficient (Wildman–Crippen LogP) is 3.88. The van der Waals surface area contributed by atoms with Crippen molar-refractivity contribution in [1.82, 2.24) is 0 Å². The lowest BCUT2D eigenvalue weighted by Gasteiger charge is -2.57. The summed E-state index contributed by atoms with van der Waals surface area (Å²) in [5, 5.41) is 19.6. The molecule has 0 radical (unpaired) electrons. The highest BCUT2D eigenvalue weighted by atomic mass is 32.2. The zero-order valence-electron chi connectivity index (χ0n) is 13.2. The number of aliphatic hydroxyl groups excluding tert-OH is 1. The standard InChI is InChI=1S/C19H24O3S/c20-16(15-4-2-1-3-5-15)17(18(21)22)23-19-9-12-6-13(10-19)8-14(7-12)11-19/h1-5,12-14,16-17,20H,6-11H2,(H,21,22)/t12?,13?,14?,16-,17+,19?/m0/s1. The largest absolute Gasteiger partial charge is 0.480 e. The quantitative estimate of drug-likeness (QED) is 0.859. The van der Waals surface area contributed by atoms with Crippen LogP contribution in [0.15, 0.2) is 30.3 Å². The average molecular weight is 332 g/mol. The van der Waals surface area contributed by atoms with Gasteiger partial charge in [-0.2, -0.15) is 0 Å². The second-order valence-electron chi connectivity index (χ2n) is 7.83. The molecule has 4 bridgehead atoms. The molecular formula is C19H24O3S. The molecule has 4 heteroatoms. The highest BCUT2D eigenvalue weighted by molar-refractivity contribution is 8.02. The van der Waals surface area contributed by atoms with E-state index in [1.807, 2.05) is 30.3 Å². The molecule has 4 aliphatic rings. The number of carboxylic acids is 1. The van der Waals surface area contributed by atoms with E-state index in [1.165, 1.54) is 19.3 Å². The minimum Gasteiger partial charge on any atom is -0.480 e. The number of benzene rings is 1. The fourth-order valence-electron chi connectivity index (χ4n) is 5.52. The minimum atomic E-state index is -0.938. The van der Waals surface area contributed by atoms with Crippen molar-refractivity contribution < 1.29 is 15.0 Å². The van der Waals surface area contributed by atoms with Crippen LogP contribution in [0.5, 0.6) is 0 Å². The number of carbonyl (C=O) groups is 1. The van der Waals surface area contributed by atoms with Crippen molar-refractivity contribution in [1.29, 1.82) is 0 Å². The first-order valence-corrected chi connectivity index (χ1v) is 9.56. The maximum Gasteiger partial charge on any atom is 0.319 e. The Morgan fingerprint density at radius 2 is 1.57 bits per heavy atom. The fraction of sp³-hybridized carbons (Fsp3) is 0.632. The van der Waals surface area contributed by atoms with Crippen LogP contribution in [0, 0.1) is 17.8 Å². The third-order valence-corrected chi connectivity index (χ3v) is 7.74. The zero-order chi connectivity index (χ0) is 16.0. The fourth-order valence-corrected chi connectivity index (χ4v) is 7.44. The van der Waals surface area contributed by atoms with Gasteiger partial charge < -0.3 is 10.2 Å². The molecule has 3 nitrogen and oxygen atoms in total. The molecule has 124 valence electrons. The SMILES string of the molecule is O=C(O)[C@H](SC12CC3CC(CC(C3)C1)C2)[C@@H](O)c1ccccc1. The van der Waals surface area contributed by atoms with Crippen LogP contribution in [-0.2, 0) is 4.79 Å². The van der Waals surface area contributed by atoms with Crippen molar-refractivity contribution in [3.63, 3.8) is 0 Å². The van der Waals surface area contributed by atoms with E-state index in [0.29, 0.717) is 5.56 Å². The summed E-state index contributed by atoms with van der Waals surface area (Å²) in [6.45, 7) is 0. The molecule has 0 saturated heterocycles. The highest BCUT2D eigenvalue weighted by Crippen LogP contribution is 2.61. The molecule has 0 unspecified atom stereocenters. The van der Waals surface area contributed by atoms with Crippen molar-refractivity contribution in [2.75, 3.05) is 0 Å². The summed E-state index contributed by atoms with van der Waals surface area (Å²) in [5.74, 6) is 1.48. The van der Waals surface area contributed by atoms with Gasteiger partial charge in [-0.3, -0.25) is 4.79 Å². The summed E-state index contributed by atoms with van der Waals surface area (Å²) in [4.78, 5) is 11.9. The van der Waals surface area contributed by atoms with Gasteiger partial charge in [0.1, 0.15) is 11.4 Å². The second kappa shape index (κ2) is 5.82. The van der Waals surface area contributed by atoms with E-state index in [9.17, 15) is 15.0 Å². The first-order valence-electron chi connectivity index (χ1n) is 8.68. The Kier molecular flexibility index (Phi) is 3.93. The molecule has 0 aliphatic heterocycles. The Hall–Kier alpha value is -1.00. The molecule has 0 amide bonds. The van der Waals surface area contributed by atoms with Crippen molar-refractivity contribution >= 4 is 17.7 Å². The van der Waals surface area contributed by atoms with Gasteiger partial charge in [0.15, 0.2) is 0 Å². The Labute approximate surface area is 141 Å². The van der Waals surface area contributed by atoms with Crippen LogP contribution < -0.4 is 0 Å². The van der Waals surface area contributed by atoms with Gasteiger partial charge in [0.2, 0.25) is 0 Å². The highest BCUT2D eigenvalue weighted by Gasteiger charge is 2.53. The van der Waals surface area contributed by atoms with Crippen LogP contribution >= 0.6 is 11.8 Å². The summed E-state index contributed by atoms with van der Waals surface area (Å²) < 4.78 is 0.0908. The number of thioether (sulfide) groups is 1. The number of hydrogen-bond donors (Lipinski definition) is 2. The number of hydrogen-bond acceptors (Lipinski definition) is 3. The zero-order valence-corrected chi connectivity index (χ0v) is 14.0. The first-order chi connectivity index (χ1) is 11.0. The van der Waals surface area contributed by atoms with Gasteiger partial charge in [0.25, 0.3) is 0 Å². The number of carboxylic acid groups (broad SMARTS) is 1. The van der Waals surface area contributed by atoms with Crippen LogP contribution in [0.3, 0.4) is 0 Å². The van der Waals surface area contributed by atoms with Crippen LogP contribution in [0.1, 0.15) is 50.2 Å².